The molecule has 0 unspecified atom stereocenters. The van der Waals surface area contributed by atoms with Crippen LogP contribution in [0.2, 0.25) is 5.02 Å². The number of esters is 1. The summed E-state index contributed by atoms with van der Waals surface area (Å²) in [6.45, 7) is 2.04. The first-order chi connectivity index (χ1) is 6.67. The van der Waals surface area contributed by atoms with Crippen molar-refractivity contribution in [2.45, 2.75) is 19.8 Å². The number of methoxy groups -OCH3 is 1. The molecule has 2 nitrogen and oxygen atoms in total. The van der Waals surface area contributed by atoms with Gasteiger partial charge in [-0.05, 0) is 23.6 Å². The lowest BCUT2D eigenvalue weighted by Gasteiger charge is -2.04. The quantitative estimate of drug-likeness (QED) is 0.720. The number of hydrogen-bond acceptors (Lipinski definition) is 2. The molecule has 1 aromatic rings. The molecule has 0 saturated heterocycles. The summed E-state index contributed by atoms with van der Waals surface area (Å²) in [6.07, 6.45) is 1.18. The Bertz CT molecular complexity index is 334. The van der Waals surface area contributed by atoms with E-state index in [4.69, 9.17) is 11.6 Å². The normalized spacial score (nSPS) is 9.93. The fraction of sp³-hybridized carbons (Fsp3) is 0.364. The van der Waals surface area contributed by atoms with Gasteiger partial charge in [-0.3, -0.25) is 4.79 Å². The van der Waals surface area contributed by atoms with Crippen LogP contribution in [0.1, 0.15) is 18.1 Å². The summed E-state index contributed by atoms with van der Waals surface area (Å²) < 4.78 is 4.57. The van der Waals surface area contributed by atoms with E-state index in [2.05, 4.69) is 4.74 Å². The van der Waals surface area contributed by atoms with Crippen molar-refractivity contribution >= 4 is 17.6 Å². The number of rotatable bonds is 3. The zero-order valence-corrected chi connectivity index (χ0v) is 9.10. The second-order valence-corrected chi connectivity index (χ2v) is 3.44. The van der Waals surface area contributed by atoms with Crippen LogP contribution < -0.4 is 0 Å². The van der Waals surface area contributed by atoms with Gasteiger partial charge in [-0.2, -0.15) is 0 Å². The molecule has 0 spiro atoms. The van der Waals surface area contributed by atoms with E-state index in [1.165, 1.54) is 7.11 Å². The van der Waals surface area contributed by atoms with Crippen LogP contribution in [0, 0.1) is 0 Å². The van der Waals surface area contributed by atoms with Crippen LogP contribution in [0.4, 0.5) is 0 Å². The molecule has 0 aliphatic rings. The Morgan fingerprint density at radius 2 is 2.21 bits per heavy atom. The van der Waals surface area contributed by atoms with Crippen molar-refractivity contribution < 1.29 is 9.53 Å². The minimum absolute atomic E-state index is 0.245. The molecule has 0 fully saturated rings. The molecule has 0 heterocycles. The van der Waals surface area contributed by atoms with Crippen molar-refractivity contribution in [1.29, 1.82) is 0 Å². The van der Waals surface area contributed by atoms with Crippen LogP contribution in [-0.4, -0.2) is 13.1 Å². The second-order valence-electron chi connectivity index (χ2n) is 3.03. The van der Waals surface area contributed by atoms with E-state index in [-0.39, 0.29) is 12.4 Å². The maximum atomic E-state index is 11.0. The van der Waals surface area contributed by atoms with E-state index in [1.807, 2.05) is 25.1 Å². The second kappa shape index (κ2) is 5.01. The molecular formula is C11H13ClO2. The lowest BCUT2D eigenvalue weighted by atomic mass is 10.1. The maximum Gasteiger partial charge on any atom is 0.309 e. The SMILES string of the molecule is CCc1ccc(CC(=O)OC)cc1Cl. The molecule has 0 N–H and O–H groups in total. The van der Waals surface area contributed by atoms with Crippen molar-refractivity contribution in [2.75, 3.05) is 7.11 Å². The molecular weight excluding hydrogens is 200 g/mol. The third-order valence-corrected chi connectivity index (χ3v) is 2.43. The van der Waals surface area contributed by atoms with Gasteiger partial charge in [-0.15, -0.1) is 0 Å². The molecule has 76 valence electrons. The summed E-state index contributed by atoms with van der Waals surface area (Å²) in [5, 5.41) is 0.717. The van der Waals surface area contributed by atoms with Crippen LogP contribution >= 0.6 is 11.6 Å². The number of hydrogen-bond donors (Lipinski definition) is 0. The molecule has 3 heteroatoms. The molecule has 1 rings (SSSR count). The zero-order valence-electron chi connectivity index (χ0n) is 8.34. The Kier molecular flexibility index (Phi) is 3.96. The Morgan fingerprint density at radius 1 is 1.50 bits per heavy atom. The Labute approximate surface area is 88.8 Å². The number of benzene rings is 1. The molecule has 14 heavy (non-hydrogen) atoms. The average Bonchev–Trinajstić information content (AvgIpc) is 2.18. The summed E-state index contributed by atoms with van der Waals surface area (Å²) in [7, 11) is 1.38. The molecule has 0 bridgehead atoms. The Balaban J connectivity index is 2.81. The van der Waals surface area contributed by atoms with Gasteiger partial charge in [0.05, 0.1) is 13.5 Å². The van der Waals surface area contributed by atoms with E-state index in [9.17, 15) is 4.79 Å². The van der Waals surface area contributed by atoms with Crippen molar-refractivity contribution in [3.05, 3.63) is 34.3 Å². The van der Waals surface area contributed by atoms with E-state index >= 15 is 0 Å². The van der Waals surface area contributed by atoms with Gasteiger partial charge in [0.15, 0.2) is 0 Å². The van der Waals surface area contributed by atoms with Crippen LogP contribution in [-0.2, 0) is 22.4 Å². The summed E-state index contributed by atoms with van der Waals surface area (Å²) in [4.78, 5) is 11.0. The average molecular weight is 213 g/mol. The maximum absolute atomic E-state index is 11.0. The van der Waals surface area contributed by atoms with Gasteiger partial charge in [-0.1, -0.05) is 30.7 Å². The molecule has 0 radical (unpaired) electrons. The smallest absolute Gasteiger partial charge is 0.309 e. The lowest BCUT2D eigenvalue weighted by molar-refractivity contribution is -0.139. The first-order valence-electron chi connectivity index (χ1n) is 4.51. The Morgan fingerprint density at radius 3 is 2.71 bits per heavy atom. The van der Waals surface area contributed by atoms with Crippen molar-refractivity contribution in [2.24, 2.45) is 0 Å². The minimum atomic E-state index is -0.245. The highest BCUT2D eigenvalue weighted by Gasteiger charge is 2.05. The first kappa shape index (κ1) is 11.1. The van der Waals surface area contributed by atoms with Crippen molar-refractivity contribution in [3.8, 4) is 0 Å². The highest BCUT2D eigenvalue weighted by atomic mass is 35.5. The summed E-state index contributed by atoms with van der Waals surface area (Å²) in [5.41, 5.74) is 1.99. The summed E-state index contributed by atoms with van der Waals surface area (Å²) in [5.74, 6) is -0.245. The van der Waals surface area contributed by atoms with Gasteiger partial charge >= 0.3 is 5.97 Å². The summed E-state index contributed by atoms with van der Waals surface area (Å²) >= 11 is 6.00. The number of ether oxygens (including phenoxy) is 1. The highest BCUT2D eigenvalue weighted by molar-refractivity contribution is 6.31. The highest BCUT2D eigenvalue weighted by Crippen LogP contribution is 2.18. The molecule has 0 aliphatic heterocycles. The van der Waals surface area contributed by atoms with Crippen LogP contribution in [0.5, 0.6) is 0 Å². The third kappa shape index (κ3) is 2.74. The fourth-order valence-electron chi connectivity index (χ4n) is 1.23. The van der Waals surface area contributed by atoms with E-state index in [0.29, 0.717) is 5.02 Å². The molecule has 0 atom stereocenters. The minimum Gasteiger partial charge on any atom is -0.469 e. The van der Waals surface area contributed by atoms with Gasteiger partial charge < -0.3 is 4.74 Å². The lowest BCUT2D eigenvalue weighted by Crippen LogP contribution is -2.04. The largest absolute Gasteiger partial charge is 0.469 e. The van der Waals surface area contributed by atoms with E-state index in [0.717, 1.165) is 17.5 Å². The standard InChI is InChI=1S/C11H13ClO2/c1-3-9-5-4-8(6-10(9)12)7-11(13)14-2/h4-6H,3,7H2,1-2H3. The predicted octanol–water partition coefficient (Wildman–Crippen LogP) is 2.62. The number of carbonyl (C=O) groups is 1. The van der Waals surface area contributed by atoms with Gasteiger partial charge in [-0.25, -0.2) is 0 Å². The van der Waals surface area contributed by atoms with Crippen molar-refractivity contribution in [3.63, 3.8) is 0 Å². The van der Waals surface area contributed by atoms with Gasteiger partial charge in [0, 0.05) is 5.02 Å². The topological polar surface area (TPSA) is 26.3 Å². The first-order valence-corrected chi connectivity index (χ1v) is 4.89. The molecule has 0 aliphatic carbocycles. The zero-order chi connectivity index (χ0) is 10.6. The van der Waals surface area contributed by atoms with Crippen LogP contribution in [0.25, 0.3) is 0 Å². The molecule has 1 aromatic carbocycles. The van der Waals surface area contributed by atoms with Crippen molar-refractivity contribution in [1.82, 2.24) is 0 Å². The fourth-order valence-corrected chi connectivity index (χ4v) is 1.56. The number of carbonyl (C=O) groups excluding carboxylic acids is 1. The van der Waals surface area contributed by atoms with E-state index < -0.39 is 0 Å². The molecule has 0 amide bonds. The van der Waals surface area contributed by atoms with Crippen LogP contribution in [0.3, 0.4) is 0 Å². The van der Waals surface area contributed by atoms with Crippen LogP contribution in [0.15, 0.2) is 18.2 Å². The third-order valence-electron chi connectivity index (χ3n) is 2.07. The van der Waals surface area contributed by atoms with Gasteiger partial charge in [0.2, 0.25) is 0 Å². The van der Waals surface area contributed by atoms with Gasteiger partial charge in [0.25, 0.3) is 0 Å². The number of halogens is 1. The Hall–Kier alpha value is -1.02. The van der Waals surface area contributed by atoms with E-state index in [1.54, 1.807) is 0 Å². The number of aryl methyl sites for hydroxylation is 1. The molecule has 0 aromatic heterocycles. The molecule has 0 saturated carbocycles. The summed E-state index contributed by atoms with van der Waals surface area (Å²) in [6, 6.07) is 5.67. The predicted molar refractivity (Wildman–Crippen MR) is 56.6 cm³/mol. The monoisotopic (exact) mass is 212 g/mol. The van der Waals surface area contributed by atoms with Gasteiger partial charge in [0.1, 0.15) is 0 Å².